The van der Waals surface area contributed by atoms with Crippen molar-refractivity contribution in [1.29, 1.82) is 0 Å². The molecule has 0 aliphatic heterocycles. The molecular weight excluding hydrogens is 199 g/mol. The van der Waals surface area contributed by atoms with E-state index in [1.165, 1.54) is 13.0 Å². The second kappa shape index (κ2) is 4.68. The smallest absolute Gasteiger partial charge is 0.163 e. The molecule has 0 radical (unpaired) electrons. The van der Waals surface area contributed by atoms with Gasteiger partial charge in [0, 0.05) is 11.6 Å². The summed E-state index contributed by atoms with van der Waals surface area (Å²) in [5, 5.41) is 0. The fourth-order valence-corrected chi connectivity index (χ4v) is 1.32. The number of carbonyl (C=O) groups is 2. The van der Waals surface area contributed by atoms with Gasteiger partial charge in [0.2, 0.25) is 0 Å². The average molecular weight is 210 g/mol. The largest absolute Gasteiger partial charge is 0.494 e. The summed E-state index contributed by atoms with van der Waals surface area (Å²) in [6.45, 7) is 3.33. The molecule has 80 valence electrons. The molecule has 1 rings (SSSR count). The third-order valence-electron chi connectivity index (χ3n) is 1.88. The van der Waals surface area contributed by atoms with E-state index in [1.54, 1.807) is 6.92 Å². The second-order valence-electron chi connectivity index (χ2n) is 2.98. The van der Waals surface area contributed by atoms with E-state index >= 15 is 0 Å². The topological polar surface area (TPSA) is 43.4 Å². The number of ketones is 1. The van der Waals surface area contributed by atoms with Gasteiger partial charge in [-0.25, -0.2) is 4.39 Å². The third kappa shape index (κ3) is 2.40. The summed E-state index contributed by atoms with van der Waals surface area (Å²) in [7, 11) is 0. The van der Waals surface area contributed by atoms with Crippen LogP contribution >= 0.6 is 0 Å². The molecule has 4 heteroatoms. The summed E-state index contributed by atoms with van der Waals surface area (Å²) in [6, 6.07) is 2.46. The van der Waals surface area contributed by atoms with Crippen molar-refractivity contribution in [2.45, 2.75) is 13.8 Å². The molecule has 0 fully saturated rings. The molecule has 0 saturated carbocycles. The molecule has 1 aromatic carbocycles. The van der Waals surface area contributed by atoms with Crippen LogP contribution in [0, 0.1) is 5.82 Å². The lowest BCUT2D eigenvalue weighted by atomic mass is 10.0. The number of carbonyl (C=O) groups excluding carboxylic acids is 2. The molecule has 0 saturated heterocycles. The first kappa shape index (κ1) is 11.4. The third-order valence-corrected chi connectivity index (χ3v) is 1.88. The Labute approximate surface area is 86.9 Å². The number of Topliss-reactive ketones (excluding diaryl/α,β-unsaturated/α-hetero) is 1. The van der Waals surface area contributed by atoms with Crippen LogP contribution in [0.2, 0.25) is 0 Å². The average Bonchev–Trinajstić information content (AvgIpc) is 2.16. The molecule has 15 heavy (non-hydrogen) atoms. The second-order valence-corrected chi connectivity index (χ2v) is 2.98. The molecule has 0 bridgehead atoms. The van der Waals surface area contributed by atoms with Crippen molar-refractivity contribution in [1.82, 2.24) is 0 Å². The minimum Gasteiger partial charge on any atom is -0.494 e. The van der Waals surface area contributed by atoms with E-state index in [0.717, 1.165) is 6.07 Å². The highest BCUT2D eigenvalue weighted by Gasteiger charge is 2.14. The van der Waals surface area contributed by atoms with Gasteiger partial charge in [-0.15, -0.1) is 0 Å². The van der Waals surface area contributed by atoms with Crippen LogP contribution in [-0.4, -0.2) is 18.7 Å². The van der Waals surface area contributed by atoms with Crippen LogP contribution in [0.25, 0.3) is 0 Å². The zero-order chi connectivity index (χ0) is 11.4. The highest BCUT2D eigenvalue weighted by molar-refractivity contribution is 6.01. The van der Waals surface area contributed by atoms with Gasteiger partial charge >= 0.3 is 0 Å². The van der Waals surface area contributed by atoms with Crippen molar-refractivity contribution in [3.05, 3.63) is 29.1 Å². The number of halogens is 1. The Kier molecular flexibility index (Phi) is 3.55. The lowest BCUT2D eigenvalue weighted by Gasteiger charge is -2.07. The predicted octanol–water partition coefficient (Wildman–Crippen LogP) is 2.24. The van der Waals surface area contributed by atoms with Gasteiger partial charge in [0.1, 0.15) is 11.6 Å². The predicted molar refractivity (Wildman–Crippen MR) is 53.0 cm³/mol. The number of rotatable bonds is 4. The maximum atomic E-state index is 13.4. The first-order valence-corrected chi connectivity index (χ1v) is 4.52. The normalized spacial score (nSPS) is 9.80. The minimum atomic E-state index is -0.726. The van der Waals surface area contributed by atoms with Gasteiger partial charge in [-0.2, -0.15) is 0 Å². The summed E-state index contributed by atoms with van der Waals surface area (Å²) in [4.78, 5) is 21.7. The highest BCUT2D eigenvalue weighted by Crippen LogP contribution is 2.21. The Balaban J connectivity index is 3.30. The zero-order valence-corrected chi connectivity index (χ0v) is 8.54. The lowest BCUT2D eigenvalue weighted by Crippen LogP contribution is -2.04. The van der Waals surface area contributed by atoms with E-state index in [1.807, 2.05) is 0 Å². The monoisotopic (exact) mass is 210 g/mol. The van der Waals surface area contributed by atoms with Crippen molar-refractivity contribution >= 4 is 12.1 Å². The zero-order valence-electron chi connectivity index (χ0n) is 8.54. The van der Waals surface area contributed by atoms with E-state index < -0.39 is 11.6 Å². The molecule has 0 N–H and O–H groups in total. The fourth-order valence-electron chi connectivity index (χ4n) is 1.32. The van der Waals surface area contributed by atoms with Crippen molar-refractivity contribution < 1.29 is 18.7 Å². The Bertz CT molecular complexity index is 399. The van der Waals surface area contributed by atoms with Crippen LogP contribution in [0.5, 0.6) is 5.75 Å². The first-order valence-electron chi connectivity index (χ1n) is 4.52. The molecule has 0 amide bonds. The van der Waals surface area contributed by atoms with Crippen LogP contribution in [0.4, 0.5) is 4.39 Å². The molecule has 0 aromatic heterocycles. The van der Waals surface area contributed by atoms with E-state index in [4.69, 9.17) is 4.74 Å². The van der Waals surface area contributed by atoms with Crippen LogP contribution in [0.1, 0.15) is 34.6 Å². The molecule has 3 nitrogen and oxygen atoms in total. The van der Waals surface area contributed by atoms with Gasteiger partial charge < -0.3 is 4.74 Å². The lowest BCUT2D eigenvalue weighted by molar-refractivity contribution is 0.100. The summed E-state index contributed by atoms with van der Waals surface area (Å²) in [5.41, 5.74) is -0.167. The van der Waals surface area contributed by atoms with Crippen molar-refractivity contribution in [3.63, 3.8) is 0 Å². The van der Waals surface area contributed by atoms with Gasteiger partial charge in [0.25, 0.3) is 0 Å². The van der Waals surface area contributed by atoms with Gasteiger partial charge in [-0.05, 0) is 19.9 Å². The summed E-state index contributed by atoms with van der Waals surface area (Å²) >= 11 is 0. The molecular formula is C11H11FO3. The molecule has 0 unspecified atom stereocenters. The van der Waals surface area contributed by atoms with E-state index in [2.05, 4.69) is 0 Å². The van der Waals surface area contributed by atoms with Crippen LogP contribution in [0.3, 0.4) is 0 Å². The summed E-state index contributed by atoms with van der Waals surface area (Å²) in [6.07, 6.45) is 0.447. The quantitative estimate of drug-likeness (QED) is 0.565. The van der Waals surface area contributed by atoms with Gasteiger partial charge in [0.15, 0.2) is 12.1 Å². The number of benzene rings is 1. The molecule has 0 heterocycles. The van der Waals surface area contributed by atoms with Crippen LogP contribution in [-0.2, 0) is 0 Å². The van der Waals surface area contributed by atoms with Gasteiger partial charge in [0.05, 0.1) is 12.2 Å². The fraction of sp³-hybridized carbons (Fsp3) is 0.273. The minimum absolute atomic E-state index is 0.0194. The van der Waals surface area contributed by atoms with E-state index in [-0.39, 0.29) is 16.9 Å². The first-order chi connectivity index (χ1) is 7.10. The Morgan fingerprint density at radius 3 is 2.67 bits per heavy atom. The van der Waals surface area contributed by atoms with Crippen molar-refractivity contribution in [3.8, 4) is 5.75 Å². The molecule has 1 aromatic rings. The Morgan fingerprint density at radius 1 is 1.53 bits per heavy atom. The molecule has 0 aliphatic rings. The number of aldehydes is 1. The van der Waals surface area contributed by atoms with E-state index in [0.29, 0.717) is 12.9 Å². The Morgan fingerprint density at radius 2 is 2.20 bits per heavy atom. The van der Waals surface area contributed by atoms with Crippen LogP contribution in [0.15, 0.2) is 12.1 Å². The number of hydrogen-bond donors (Lipinski definition) is 0. The summed E-state index contributed by atoms with van der Waals surface area (Å²) < 4.78 is 18.5. The highest BCUT2D eigenvalue weighted by atomic mass is 19.1. The SMILES string of the molecule is CCOc1cc(F)c(C(C)=O)c(C=O)c1. The van der Waals surface area contributed by atoms with Crippen molar-refractivity contribution in [2.75, 3.05) is 6.61 Å². The maximum Gasteiger partial charge on any atom is 0.163 e. The number of ether oxygens (including phenoxy) is 1. The Hall–Kier alpha value is -1.71. The molecule has 0 spiro atoms. The van der Waals surface area contributed by atoms with Gasteiger partial charge in [-0.3, -0.25) is 9.59 Å². The van der Waals surface area contributed by atoms with E-state index in [9.17, 15) is 14.0 Å². The van der Waals surface area contributed by atoms with Crippen molar-refractivity contribution in [2.24, 2.45) is 0 Å². The maximum absolute atomic E-state index is 13.4. The van der Waals surface area contributed by atoms with Gasteiger partial charge in [-0.1, -0.05) is 0 Å². The standard InChI is InChI=1S/C11H11FO3/c1-3-15-9-4-8(6-13)11(7(2)14)10(12)5-9/h4-6H,3H2,1-2H3. The molecule has 0 atom stereocenters. The molecule has 0 aliphatic carbocycles. The summed E-state index contributed by atoms with van der Waals surface area (Å²) in [5.74, 6) is -0.949. The number of hydrogen-bond acceptors (Lipinski definition) is 3. The van der Waals surface area contributed by atoms with Crippen LogP contribution < -0.4 is 4.74 Å².